The second kappa shape index (κ2) is 5.88. The molecule has 1 atom stereocenters. The third-order valence-corrected chi connectivity index (χ3v) is 3.12. The lowest BCUT2D eigenvalue weighted by atomic mass is 10.1. The number of benzene rings is 1. The minimum Gasteiger partial charge on any atom is -0.497 e. The molecule has 0 aliphatic carbocycles. The number of hydrogen-bond acceptors (Lipinski definition) is 5. The number of ether oxygens (including phenoxy) is 2. The third kappa shape index (κ3) is 2.88. The van der Waals surface area contributed by atoms with Crippen molar-refractivity contribution in [2.75, 3.05) is 14.2 Å². The maximum Gasteiger partial charge on any atom is 0.159 e. The summed E-state index contributed by atoms with van der Waals surface area (Å²) in [6.07, 6.45) is 1.77. The van der Waals surface area contributed by atoms with E-state index >= 15 is 0 Å². The van der Waals surface area contributed by atoms with Crippen LogP contribution in [0.2, 0.25) is 0 Å². The van der Waals surface area contributed by atoms with Gasteiger partial charge in [-0.05, 0) is 26.0 Å². The molecule has 106 valence electrons. The summed E-state index contributed by atoms with van der Waals surface area (Å²) in [7, 11) is 3.23. The lowest BCUT2D eigenvalue weighted by Gasteiger charge is -2.11. The van der Waals surface area contributed by atoms with Crippen LogP contribution in [0.1, 0.15) is 24.2 Å². The van der Waals surface area contributed by atoms with Crippen LogP contribution in [-0.4, -0.2) is 24.2 Å². The van der Waals surface area contributed by atoms with Crippen molar-refractivity contribution in [1.29, 1.82) is 0 Å². The molecule has 0 radical (unpaired) electrons. The summed E-state index contributed by atoms with van der Waals surface area (Å²) in [5.74, 6) is 2.04. The van der Waals surface area contributed by atoms with Gasteiger partial charge in [0.25, 0.3) is 0 Å². The fourth-order valence-electron chi connectivity index (χ4n) is 2.00. The van der Waals surface area contributed by atoms with E-state index in [-0.39, 0.29) is 6.04 Å². The highest BCUT2D eigenvalue weighted by Crippen LogP contribution is 2.28. The zero-order chi connectivity index (χ0) is 14.7. The summed E-state index contributed by atoms with van der Waals surface area (Å²) >= 11 is 0. The Morgan fingerprint density at radius 1 is 1.10 bits per heavy atom. The number of nitrogens with two attached hydrogens (primary N) is 1. The predicted molar refractivity (Wildman–Crippen MR) is 77.9 cm³/mol. The molecule has 20 heavy (non-hydrogen) atoms. The van der Waals surface area contributed by atoms with Gasteiger partial charge in [-0.1, -0.05) is 0 Å². The van der Waals surface area contributed by atoms with Gasteiger partial charge < -0.3 is 15.2 Å². The normalized spacial score (nSPS) is 12.1. The molecule has 1 heterocycles. The molecule has 0 saturated heterocycles. The quantitative estimate of drug-likeness (QED) is 0.926. The van der Waals surface area contributed by atoms with E-state index < -0.39 is 0 Å². The number of hydrogen-bond donors (Lipinski definition) is 1. The van der Waals surface area contributed by atoms with Crippen LogP contribution in [-0.2, 0) is 0 Å². The van der Waals surface area contributed by atoms with Crippen molar-refractivity contribution in [3.05, 3.63) is 35.7 Å². The van der Waals surface area contributed by atoms with E-state index in [1.54, 1.807) is 20.4 Å². The number of rotatable bonds is 4. The van der Waals surface area contributed by atoms with E-state index in [2.05, 4.69) is 9.97 Å². The SMILES string of the molecule is COc1cc(OC)cc(-c2ncc([C@@H](C)N)c(C)n2)c1. The van der Waals surface area contributed by atoms with Crippen LogP contribution >= 0.6 is 0 Å². The van der Waals surface area contributed by atoms with E-state index in [0.29, 0.717) is 17.3 Å². The first kappa shape index (κ1) is 14.3. The molecule has 5 nitrogen and oxygen atoms in total. The van der Waals surface area contributed by atoms with Crippen LogP contribution in [0.5, 0.6) is 11.5 Å². The highest BCUT2D eigenvalue weighted by molar-refractivity contribution is 5.61. The molecule has 0 fully saturated rings. The summed E-state index contributed by atoms with van der Waals surface area (Å²) in [4.78, 5) is 8.89. The van der Waals surface area contributed by atoms with Gasteiger partial charge in [0.2, 0.25) is 0 Å². The first-order valence-electron chi connectivity index (χ1n) is 6.37. The fourth-order valence-corrected chi connectivity index (χ4v) is 2.00. The molecule has 0 aliphatic heterocycles. The van der Waals surface area contributed by atoms with Crippen LogP contribution in [0, 0.1) is 6.92 Å². The Bertz CT molecular complexity index is 590. The van der Waals surface area contributed by atoms with Gasteiger partial charge in [-0.2, -0.15) is 0 Å². The van der Waals surface area contributed by atoms with Crippen LogP contribution in [0.4, 0.5) is 0 Å². The van der Waals surface area contributed by atoms with Crippen LogP contribution in [0.25, 0.3) is 11.4 Å². The molecule has 1 aromatic heterocycles. The van der Waals surface area contributed by atoms with Gasteiger partial charge in [0.05, 0.1) is 14.2 Å². The van der Waals surface area contributed by atoms with Crippen LogP contribution in [0.3, 0.4) is 0 Å². The maximum atomic E-state index is 5.87. The molecule has 1 aromatic carbocycles. The highest BCUT2D eigenvalue weighted by atomic mass is 16.5. The Morgan fingerprint density at radius 3 is 2.15 bits per heavy atom. The monoisotopic (exact) mass is 273 g/mol. The standard InChI is InChI=1S/C15H19N3O2/c1-9(16)14-8-17-15(18-10(14)2)11-5-12(19-3)7-13(6-11)20-4/h5-9H,16H2,1-4H3/t9-/m1/s1. The van der Waals surface area contributed by atoms with Crippen molar-refractivity contribution in [2.45, 2.75) is 19.9 Å². The maximum absolute atomic E-state index is 5.87. The first-order chi connectivity index (χ1) is 9.55. The molecular formula is C15H19N3O2. The average molecular weight is 273 g/mol. The molecule has 2 rings (SSSR count). The zero-order valence-electron chi connectivity index (χ0n) is 12.2. The van der Waals surface area contributed by atoms with Crippen molar-refractivity contribution in [1.82, 2.24) is 9.97 Å². The van der Waals surface area contributed by atoms with Gasteiger partial charge in [-0.15, -0.1) is 0 Å². The van der Waals surface area contributed by atoms with E-state index in [1.165, 1.54) is 0 Å². The summed E-state index contributed by atoms with van der Waals surface area (Å²) in [5, 5.41) is 0. The molecule has 2 N–H and O–H groups in total. The van der Waals surface area contributed by atoms with Crippen molar-refractivity contribution in [3.8, 4) is 22.9 Å². The van der Waals surface area contributed by atoms with Gasteiger partial charge in [0, 0.05) is 35.1 Å². The van der Waals surface area contributed by atoms with Crippen molar-refractivity contribution in [2.24, 2.45) is 5.73 Å². The molecule has 0 saturated carbocycles. The van der Waals surface area contributed by atoms with Crippen LogP contribution < -0.4 is 15.2 Å². The topological polar surface area (TPSA) is 70.3 Å². The van der Waals surface area contributed by atoms with E-state index in [9.17, 15) is 0 Å². The minimum absolute atomic E-state index is 0.0797. The molecule has 5 heteroatoms. The second-order valence-corrected chi connectivity index (χ2v) is 4.62. The summed E-state index contributed by atoms with van der Waals surface area (Å²) in [6, 6.07) is 5.49. The van der Waals surface area contributed by atoms with Crippen LogP contribution in [0.15, 0.2) is 24.4 Å². The van der Waals surface area contributed by atoms with Crippen molar-refractivity contribution >= 4 is 0 Å². The van der Waals surface area contributed by atoms with E-state index in [0.717, 1.165) is 16.8 Å². The molecule has 0 bridgehead atoms. The average Bonchev–Trinajstić information content (AvgIpc) is 2.46. The Kier molecular flexibility index (Phi) is 4.20. The Hall–Kier alpha value is -2.14. The largest absolute Gasteiger partial charge is 0.497 e. The Morgan fingerprint density at radius 2 is 1.70 bits per heavy atom. The van der Waals surface area contributed by atoms with Gasteiger partial charge in [0.15, 0.2) is 5.82 Å². The first-order valence-corrected chi connectivity index (χ1v) is 6.37. The molecule has 0 amide bonds. The smallest absolute Gasteiger partial charge is 0.159 e. The number of aromatic nitrogens is 2. The highest BCUT2D eigenvalue weighted by Gasteiger charge is 2.10. The fraction of sp³-hybridized carbons (Fsp3) is 0.333. The molecule has 0 spiro atoms. The number of methoxy groups -OCH3 is 2. The number of aryl methyl sites for hydroxylation is 1. The van der Waals surface area contributed by atoms with Gasteiger partial charge >= 0.3 is 0 Å². The molecule has 2 aromatic rings. The summed E-state index contributed by atoms with van der Waals surface area (Å²) in [5.41, 5.74) is 8.55. The van der Waals surface area contributed by atoms with Crippen molar-refractivity contribution < 1.29 is 9.47 Å². The van der Waals surface area contributed by atoms with E-state index in [4.69, 9.17) is 15.2 Å². The third-order valence-electron chi connectivity index (χ3n) is 3.12. The molecular weight excluding hydrogens is 254 g/mol. The van der Waals surface area contributed by atoms with Gasteiger partial charge in [0.1, 0.15) is 11.5 Å². The zero-order valence-corrected chi connectivity index (χ0v) is 12.2. The van der Waals surface area contributed by atoms with Crippen molar-refractivity contribution in [3.63, 3.8) is 0 Å². The summed E-state index contributed by atoms with van der Waals surface area (Å²) < 4.78 is 10.5. The number of nitrogens with zero attached hydrogens (tertiary/aromatic N) is 2. The second-order valence-electron chi connectivity index (χ2n) is 4.62. The van der Waals surface area contributed by atoms with E-state index in [1.807, 2.05) is 32.0 Å². The lowest BCUT2D eigenvalue weighted by molar-refractivity contribution is 0.394. The predicted octanol–water partition coefficient (Wildman–Crippen LogP) is 2.49. The lowest BCUT2D eigenvalue weighted by Crippen LogP contribution is -2.09. The Labute approximate surface area is 118 Å². The molecule has 0 unspecified atom stereocenters. The minimum atomic E-state index is -0.0797. The van der Waals surface area contributed by atoms with Gasteiger partial charge in [-0.25, -0.2) is 9.97 Å². The molecule has 0 aliphatic rings. The Balaban J connectivity index is 2.48. The summed E-state index contributed by atoms with van der Waals surface area (Å²) in [6.45, 7) is 3.85. The van der Waals surface area contributed by atoms with Gasteiger partial charge in [-0.3, -0.25) is 0 Å².